The molecule has 4 nitrogen and oxygen atoms in total. The van der Waals surface area contributed by atoms with Gasteiger partial charge in [-0.05, 0) is 33.0 Å². The summed E-state index contributed by atoms with van der Waals surface area (Å²) in [5, 5.41) is 2.82. The van der Waals surface area contributed by atoms with Crippen molar-refractivity contribution < 1.29 is 4.79 Å². The number of hydrogen-bond acceptors (Lipinski definition) is 2. The van der Waals surface area contributed by atoms with Gasteiger partial charge in [-0.3, -0.25) is 4.79 Å². The van der Waals surface area contributed by atoms with Gasteiger partial charge in [-0.2, -0.15) is 0 Å². The lowest BCUT2D eigenvalue weighted by Crippen LogP contribution is -2.33. The van der Waals surface area contributed by atoms with E-state index in [9.17, 15) is 4.79 Å². The SMILES string of the molecule is Cc1c[nH]c(=S)n1CC(=O)NC(C)C. The highest BCUT2D eigenvalue weighted by molar-refractivity contribution is 7.71. The van der Waals surface area contributed by atoms with E-state index in [0.29, 0.717) is 4.77 Å². The van der Waals surface area contributed by atoms with E-state index in [2.05, 4.69) is 10.3 Å². The van der Waals surface area contributed by atoms with Crippen LogP contribution in [0.5, 0.6) is 0 Å². The van der Waals surface area contributed by atoms with E-state index in [1.54, 1.807) is 10.8 Å². The van der Waals surface area contributed by atoms with Crippen LogP contribution >= 0.6 is 12.2 Å². The lowest BCUT2D eigenvalue weighted by Gasteiger charge is -2.09. The Hall–Kier alpha value is -1.10. The fourth-order valence-electron chi connectivity index (χ4n) is 1.19. The third kappa shape index (κ3) is 2.70. The molecule has 0 spiro atoms. The van der Waals surface area contributed by atoms with Gasteiger partial charge >= 0.3 is 0 Å². The van der Waals surface area contributed by atoms with Gasteiger partial charge in [0.1, 0.15) is 6.54 Å². The summed E-state index contributed by atoms with van der Waals surface area (Å²) in [5.41, 5.74) is 0.967. The number of aromatic nitrogens is 2. The maximum atomic E-state index is 11.4. The summed E-state index contributed by atoms with van der Waals surface area (Å²) >= 11 is 5.03. The molecular weight excluding hydrogens is 198 g/mol. The molecular formula is C9H15N3OS. The molecule has 0 saturated carbocycles. The second-order valence-corrected chi connectivity index (χ2v) is 3.93. The Kier molecular flexibility index (Phi) is 3.46. The van der Waals surface area contributed by atoms with Crippen LogP contribution in [0, 0.1) is 11.7 Å². The number of amides is 1. The summed E-state index contributed by atoms with van der Waals surface area (Å²) in [6.45, 7) is 6.06. The third-order valence-corrected chi connectivity index (χ3v) is 2.17. The van der Waals surface area contributed by atoms with Crippen molar-refractivity contribution in [2.24, 2.45) is 0 Å². The molecule has 0 aromatic carbocycles. The van der Waals surface area contributed by atoms with Crippen LogP contribution in [0.2, 0.25) is 0 Å². The summed E-state index contributed by atoms with van der Waals surface area (Å²) in [4.78, 5) is 14.3. The van der Waals surface area contributed by atoms with E-state index in [4.69, 9.17) is 12.2 Å². The quantitative estimate of drug-likeness (QED) is 0.745. The summed E-state index contributed by atoms with van der Waals surface area (Å²) in [5.74, 6) is -0.0150. The number of aryl methyl sites for hydroxylation is 1. The zero-order valence-corrected chi connectivity index (χ0v) is 9.44. The Morgan fingerprint density at radius 2 is 2.36 bits per heavy atom. The van der Waals surface area contributed by atoms with Gasteiger partial charge in [0.2, 0.25) is 5.91 Å². The molecule has 1 amide bonds. The van der Waals surface area contributed by atoms with Crippen LogP contribution in [0.3, 0.4) is 0 Å². The lowest BCUT2D eigenvalue weighted by atomic mass is 10.4. The van der Waals surface area contributed by atoms with Crippen molar-refractivity contribution >= 4 is 18.1 Å². The summed E-state index contributed by atoms with van der Waals surface area (Å²) in [6, 6.07) is 0.163. The first-order valence-electron chi connectivity index (χ1n) is 4.55. The van der Waals surface area contributed by atoms with E-state index < -0.39 is 0 Å². The second kappa shape index (κ2) is 4.41. The number of hydrogen-bond donors (Lipinski definition) is 2. The molecule has 78 valence electrons. The molecule has 0 atom stereocenters. The van der Waals surface area contributed by atoms with Crippen molar-refractivity contribution in [3.8, 4) is 0 Å². The van der Waals surface area contributed by atoms with Crippen molar-refractivity contribution in [1.29, 1.82) is 0 Å². The molecule has 0 aliphatic carbocycles. The zero-order valence-electron chi connectivity index (χ0n) is 8.63. The molecule has 1 rings (SSSR count). The van der Waals surface area contributed by atoms with Crippen LogP contribution < -0.4 is 5.32 Å². The van der Waals surface area contributed by atoms with Crippen LogP contribution in [-0.2, 0) is 11.3 Å². The Labute approximate surface area is 88.3 Å². The highest BCUT2D eigenvalue weighted by Gasteiger charge is 2.06. The smallest absolute Gasteiger partial charge is 0.240 e. The first kappa shape index (κ1) is 11.0. The van der Waals surface area contributed by atoms with E-state index in [1.165, 1.54) is 0 Å². The average molecular weight is 213 g/mol. The number of nitrogens with zero attached hydrogens (tertiary/aromatic N) is 1. The molecule has 0 aliphatic heterocycles. The molecule has 0 aliphatic rings. The topological polar surface area (TPSA) is 49.8 Å². The van der Waals surface area contributed by atoms with Gasteiger partial charge in [0.05, 0.1) is 0 Å². The van der Waals surface area contributed by atoms with E-state index in [1.807, 2.05) is 20.8 Å². The maximum absolute atomic E-state index is 11.4. The third-order valence-electron chi connectivity index (χ3n) is 1.83. The van der Waals surface area contributed by atoms with Gasteiger partial charge in [-0.1, -0.05) is 0 Å². The molecule has 5 heteroatoms. The Balaban J connectivity index is 2.69. The van der Waals surface area contributed by atoms with E-state index in [0.717, 1.165) is 5.69 Å². The van der Waals surface area contributed by atoms with E-state index >= 15 is 0 Å². The van der Waals surface area contributed by atoms with Crippen molar-refractivity contribution in [2.45, 2.75) is 33.4 Å². The predicted molar refractivity (Wildman–Crippen MR) is 57.6 cm³/mol. The molecule has 14 heavy (non-hydrogen) atoms. The summed E-state index contributed by atoms with van der Waals surface area (Å²) < 4.78 is 2.36. The number of rotatable bonds is 3. The zero-order chi connectivity index (χ0) is 10.7. The highest BCUT2D eigenvalue weighted by Crippen LogP contribution is 1.99. The predicted octanol–water partition coefficient (Wildman–Crippen LogP) is 1.38. The van der Waals surface area contributed by atoms with Crippen LogP contribution in [-0.4, -0.2) is 21.5 Å². The van der Waals surface area contributed by atoms with Crippen molar-refractivity contribution in [3.63, 3.8) is 0 Å². The molecule has 1 aromatic heterocycles. The Morgan fingerprint density at radius 1 is 1.71 bits per heavy atom. The molecule has 0 fully saturated rings. The van der Waals surface area contributed by atoms with Crippen molar-refractivity contribution in [3.05, 3.63) is 16.7 Å². The lowest BCUT2D eigenvalue weighted by molar-refractivity contribution is -0.122. The van der Waals surface area contributed by atoms with Crippen LogP contribution in [0.4, 0.5) is 0 Å². The van der Waals surface area contributed by atoms with Crippen LogP contribution in [0.15, 0.2) is 6.20 Å². The molecule has 0 bridgehead atoms. The first-order chi connectivity index (χ1) is 6.50. The van der Waals surface area contributed by atoms with Crippen molar-refractivity contribution in [2.75, 3.05) is 0 Å². The molecule has 0 radical (unpaired) electrons. The van der Waals surface area contributed by atoms with Gasteiger partial charge in [0, 0.05) is 17.9 Å². The highest BCUT2D eigenvalue weighted by atomic mass is 32.1. The molecule has 0 unspecified atom stereocenters. The van der Waals surface area contributed by atoms with Gasteiger partial charge < -0.3 is 14.9 Å². The summed E-state index contributed by atoms with van der Waals surface area (Å²) in [6.07, 6.45) is 1.80. The number of H-pyrrole nitrogens is 1. The normalized spacial score (nSPS) is 10.6. The fourth-order valence-corrected chi connectivity index (χ4v) is 1.46. The fraction of sp³-hybridized carbons (Fsp3) is 0.556. The minimum atomic E-state index is -0.0150. The van der Waals surface area contributed by atoms with Gasteiger partial charge in [0.25, 0.3) is 0 Å². The minimum Gasteiger partial charge on any atom is -0.352 e. The summed E-state index contributed by atoms with van der Waals surface area (Å²) in [7, 11) is 0. The number of imidazole rings is 1. The van der Waals surface area contributed by atoms with Crippen molar-refractivity contribution in [1.82, 2.24) is 14.9 Å². The molecule has 1 aromatic rings. The molecule has 2 N–H and O–H groups in total. The van der Waals surface area contributed by atoms with Gasteiger partial charge in [-0.25, -0.2) is 0 Å². The number of carbonyl (C=O) groups is 1. The van der Waals surface area contributed by atoms with Crippen LogP contribution in [0.25, 0.3) is 0 Å². The van der Waals surface area contributed by atoms with Crippen LogP contribution in [0.1, 0.15) is 19.5 Å². The van der Waals surface area contributed by atoms with Gasteiger partial charge in [0.15, 0.2) is 4.77 Å². The number of aromatic amines is 1. The number of nitrogens with one attached hydrogen (secondary N) is 2. The maximum Gasteiger partial charge on any atom is 0.240 e. The van der Waals surface area contributed by atoms with E-state index in [-0.39, 0.29) is 18.5 Å². The Morgan fingerprint density at radius 3 is 2.79 bits per heavy atom. The standard InChI is InChI=1S/C9H15N3OS/c1-6(2)11-8(13)5-12-7(3)4-10-9(12)14/h4,6H,5H2,1-3H3,(H,10,14)(H,11,13). The average Bonchev–Trinajstić information content (AvgIpc) is 2.34. The molecule has 0 saturated heterocycles. The monoisotopic (exact) mass is 213 g/mol. The minimum absolute atomic E-state index is 0.0150. The number of carbonyl (C=O) groups excluding carboxylic acids is 1. The molecule has 1 heterocycles. The second-order valence-electron chi connectivity index (χ2n) is 3.54. The van der Waals surface area contributed by atoms with Gasteiger partial charge in [-0.15, -0.1) is 0 Å². The Bertz CT molecular complexity index is 378. The largest absolute Gasteiger partial charge is 0.352 e. The first-order valence-corrected chi connectivity index (χ1v) is 4.95.